The first kappa shape index (κ1) is 14.1. The molecule has 0 radical (unpaired) electrons. The van der Waals surface area contributed by atoms with E-state index in [0.29, 0.717) is 5.69 Å². The first-order valence-corrected chi connectivity index (χ1v) is 7.84. The lowest BCUT2D eigenvalue weighted by molar-refractivity contribution is 0.503. The zero-order valence-corrected chi connectivity index (χ0v) is 12.1. The van der Waals surface area contributed by atoms with E-state index in [4.69, 9.17) is 11.6 Å². The van der Waals surface area contributed by atoms with Crippen molar-refractivity contribution in [1.82, 2.24) is 9.78 Å². The molecule has 0 saturated carbocycles. The fourth-order valence-corrected chi connectivity index (χ4v) is 3.20. The standard InChI is InChI=1S/C11H14ClN3O3S/c1-7(2)15-11(16)10(12)9(5-13-15)14-8-3-4-19(17,18)6-8/h3-5,7-8,14H,6H2,1-2H3. The van der Waals surface area contributed by atoms with E-state index >= 15 is 0 Å². The van der Waals surface area contributed by atoms with Gasteiger partial charge in [0.15, 0.2) is 9.84 Å². The first-order valence-electron chi connectivity index (χ1n) is 5.75. The highest BCUT2D eigenvalue weighted by Gasteiger charge is 2.23. The molecule has 8 heteroatoms. The Morgan fingerprint density at radius 3 is 2.74 bits per heavy atom. The van der Waals surface area contributed by atoms with E-state index in [1.54, 1.807) is 0 Å². The number of halogens is 1. The molecule has 0 fully saturated rings. The van der Waals surface area contributed by atoms with Crippen molar-refractivity contribution in [1.29, 1.82) is 0 Å². The van der Waals surface area contributed by atoms with E-state index in [2.05, 4.69) is 10.4 Å². The Balaban J connectivity index is 2.26. The SMILES string of the molecule is CC(C)n1ncc(NC2C=CS(=O)(=O)C2)c(Cl)c1=O. The molecule has 0 bridgehead atoms. The van der Waals surface area contributed by atoms with Gasteiger partial charge in [-0.15, -0.1) is 0 Å². The molecular formula is C11H14ClN3O3S. The molecule has 0 saturated heterocycles. The van der Waals surface area contributed by atoms with Gasteiger partial charge in [-0.1, -0.05) is 17.7 Å². The van der Waals surface area contributed by atoms with Gasteiger partial charge in [-0.05, 0) is 13.8 Å². The molecule has 1 aromatic heterocycles. The van der Waals surface area contributed by atoms with Crippen molar-refractivity contribution in [2.75, 3.05) is 11.1 Å². The van der Waals surface area contributed by atoms with Crippen molar-refractivity contribution in [3.63, 3.8) is 0 Å². The predicted molar refractivity (Wildman–Crippen MR) is 74.2 cm³/mol. The smallest absolute Gasteiger partial charge is 0.287 e. The third-order valence-corrected chi connectivity index (χ3v) is 4.46. The van der Waals surface area contributed by atoms with Crippen LogP contribution in [0.5, 0.6) is 0 Å². The number of rotatable bonds is 3. The minimum Gasteiger partial charge on any atom is -0.375 e. The Kier molecular flexibility index (Phi) is 3.69. The Morgan fingerprint density at radius 2 is 2.21 bits per heavy atom. The molecule has 1 unspecified atom stereocenters. The van der Waals surface area contributed by atoms with Crippen LogP contribution in [-0.4, -0.2) is 30.0 Å². The Morgan fingerprint density at radius 1 is 1.53 bits per heavy atom. The van der Waals surface area contributed by atoms with Gasteiger partial charge in [0.25, 0.3) is 5.56 Å². The molecule has 1 aromatic rings. The van der Waals surface area contributed by atoms with Crippen LogP contribution in [0, 0.1) is 0 Å². The molecule has 1 atom stereocenters. The number of nitrogens with zero attached hydrogens (tertiary/aromatic N) is 2. The average Bonchev–Trinajstić information content (AvgIpc) is 2.64. The fraction of sp³-hybridized carbons (Fsp3) is 0.455. The highest BCUT2D eigenvalue weighted by atomic mass is 35.5. The number of hydrogen-bond donors (Lipinski definition) is 1. The number of anilines is 1. The summed E-state index contributed by atoms with van der Waals surface area (Å²) in [4.78, 5) is 11.9. The van der Waals surface area contributed by atoms with Crippen molar-refractivity contribution in [3.8, 4) is 0 Å². The molecule has 2 heterocycles. The van der Waals surface area contributed by atoms with Crippen LogP contribution in [-0.2, 0) is 9.84 Å². The number of aromatic nitrogens is 2. The molecule has 0 amide bonds. The summed E-state index contributed by atoms with van der Waals surface area (Å²) in [6, 6.07) is -0.482. The van der Waals surface area contributed by atoms with E-state index < -0.39 is 21.4 Å². The van der Waals surface area contributed by atoms with Crippen LogP contribution in [0.2, 0.25) is 5.02 Å². The summed E-state index contributed by atoms with van der Waals surface area (Å²) in [7, 11) is -3.15. The van der Waals surface area contributed by atoms with Crippen LogP contribution in [0.1, 0.15) is 19.9 Å². The van der Waals surface area contributed by atoms with Gasteiger partial charge in [0, 0.05) is 5.41 Å². The van der Waals surface area contributed by atoms with Gasteiger partial charge in [-0.3, -0.25) is 4.79 Å². The second-order valence-electron chi connectivity index (χ2n) is 4.62. The molecule has 1 aliphatic heterocycles. The zero-order chi connectivity index (χ0) is 14.2. The van der Waals surface area contributed by atoms with Crippen LogP contribution in [0.15, 0.2) is 22.5 Å². The lowest BCUT2D eigenvalue weighted by atomic mass is 10.3. The second-order valence-corrected chi connectivity index (χ2v) is 6.93. The fourth-order valence-electron chi connectivity index (χ4n) is 1.78. The van der Waals surface area contributed by atoms with E-state index in [1.807, 2.05) is 13.8 Å². The van der Waals surface area contributed by atoms with Crippen LogP contribution < -0.4 is 10.9 Å². The van der Waals surface area contributed by atoms with Crippen molar-refractivity contribution in [2.45, 2.75) is 25.9 Å². The lowest BCUT2D eigenvalue weighted by Gasteiger charge is -2.14. The van der Waals surface area contributed by atoms with Crippen LogP contribution in [0.4, 0.5) is 5.69 Å². The summed E-state index contributed by atoms with van der Waals surface area (Å²) in [5.74, 6) is -0.0450. The lowest BCUT2D eigenvalue weighted by Crippen LogP contribution is -2.28. The summed E-state index contributed by atoms with van der Waals surface area (Å²) in [5.41, 5.74) is -0.0539. The largest absolute Gasteiger partial charge is 0.375 e. The maximum absolute atomic E-state index is 11.9. The van der Waals surface area contributed by atoms with E-state index in [-0.39, 0.29) is 16.8 Å². The average molecular weight is 304 g/mol. The van der Waals surface area contributed by atoms with E-state index in [1.165, 1.54) is 17.0 Å². The molecule has 0 spiro atoms. The summed E-state index contributed by atoms with van der Waals surface area (Å²) in [6.07, 6.45) is 2.96. The molecule has 6 nitrogen and oxygen atoms in total. The molecular weight excluding hydrogens is 290 g/mol. The monoisotopic (exact) mass is 303 g/mol. The van der Waals surface area contributed by atoms with Crippen LogP contribution >= 0.6 is 11.6 Å². The maximum atomic E-state index is 11.9. The molecule has 104 valence electrons. The molecule has 2 rings (SSSR count). The van der Waals surface area contributed by atoms with Gasteiger partial charge in [0.2, 0.25) is 0 Å². The summed E-state index contributed by atoms with van der Waals surface area (Å²) >= 11 is 5.98. The zero-order valence-electron chi connectivity index (χ0n) is 10.5. The minimum absolute atomic E-state index is 0.0152. The van der Waals surface area contributed by atoms with Gasteiger partial charge in [0.05, 0.1) is 29.7 Å². The maximum Gasteiger partial charge on any atom is 0.287 e. The quantitative estimate of drug-likeness (QED) is 0.907. The van der Waals surface area contributed by atoms with E-state index in [0.717, 1.165) is 5.41 Å². The third kappa shape index (κ3) is 2.98. The molecule has 19 heavy (non-hydrogen) atoms. The van der Waals surface area contributed by atoms with Gasteiger partial charge >= 0.3 is 0 Å². The van der Waals surface area contributed by atoms with Gasteiger partial charge < -0.3 is 5.32 Å². The highest BCUT2D eigenvalue weighted by Crippen LogP contribution is 2.20. The van der Waals surface area contributed by atoms with Crippen molar-refractivity contribution in [3.05, 3.63) is 33.1 Å². The van der Waals surface area contributed by atoms with Gasteiger partial charge in [-0.2, -0.15) is 5.10 Å². The van der Waals surface area contributed by atoms with Crippen LogP contribution in [0.3, 0.4) is 0 Å². The summed E-state index contributed by atoms with van der Waals surface area (Å²) in [5, 5.41) is 8.07. The number of nitrogens with one attached hydrogen (secondary N) is 1. The van der Waals surface area contributed by atoms with Crippen molar-refractivity contribution < 1.29 is 8.42 Å². The predicted octanol–water partition coefficient (Wildman–Crippen LogP) is 1.20. The molecule has 0 aromatic carbocycles. The minimum atomic E-state index is -3.15. The molecule has 1 aliphatic rings. The number of sulfone groups is 1. The third-order valence-electron chi connectivity index (χ3n) is 2.70. The number of hydrogen-bond acceptors (Lipinski definition) is 5. The van der Waals surface area contributed by atoms with Gasteiger partial charge in [-0.25, -0.2) is 13.1 Å². The Labute approximate surface area is 116 Å². The summed E-state index contributed by atoms with van der Waals surface area (Å²) in [6.45, 7) is 3.65. The molecule has 0 aliphatic carbocycles. The van der Waals surface area contributed by atoms with E-state index in [9.17, 15) is 13.2 Å². The Hall–Kier alpha value is -1.34. The summed E-state index contributed by atoms with van der Waals surface area (Å²) < 4.78 is 23.8. The van der Waals surface area contributed by atoms with Gasteiger partial charge in [0.1, 0.15) is 5.02 Å². The van der Waals surface area contributed by atoms with Crippen molar-refractivity contribution in [2.24, 2.45) is 0 Å². The Bertz CT molecular complexity index is 679. The first-order chi connectivity index (χ1) is 8.80. The van der Waals surface area contributed by atoms with Crippen LogP contribution in [0.25, 0.3) is 0 Å². The molecule has 1 N–H and O–H groups in total. The van der Waals surface area contributed by atoms with Crippen molar-refractivity contribution >= 4 is 27.1 Å². The normalized spacial score (nSPS) is 20.9. The highest BCUT2D eigenvalue weighted by molar-refractivity contribution is 7.94. The topological polar surface area (TPSA) is 81.1 Å². The second kappa shape index (κ2) is 4.97.